The number of nitrogens with one attached hydrogen (secondary N) is 1. The van der Waals surface area contributed by atoms with Crippen LogP contribution in [0.2, 0.25) is 0 Å². The third kappa shape index (κ3) is 4.70. The zero-order valence-electron chi connectivity index (χ0n) is 20.1. The fourth-order valence-corrected chi connectivity index (χ4v) is 5.19. The van der Waals surface area contributed by atoms with Gasteiger partial charge in [-0.15, -0.1) is 5.10 Å². The van der Waals surface area contributed by atoms with Gasteiger partial charge < -0.3 is 15.0 Å². The molecule has 1 saturated heterocycles. The maximum Gasteiger partial charge on any atom is 0.419 e. The second kappa shape index (κ2) is 8.63. The Morgan fingerprint density at radius 2 is 1.81 bits per heavy atom. The van der Waals surface area contributed by atoms with Gasteiger partial charge in [-0.3, -0.25) is 0 Å². The van der Waals surface area contributed by atoms with Crippen LogP contribution in [0.25, 0.3) is 16.8 Å². The van der Waals surface area contributed by atoms with E-state index in [-0.39, 0.29) is 29.5 Å². The minimum Gasteiger partial charge on any atom is -0.444 e. The van der Waals surface area contributed by atoms with Crippen molar-refractivity contribution in [1.29, 1.82) is 0 Å². The Kier molecular flexibility index (Phi) is 5.83. The number of amides is 1. The first-order valence-electron chi connectivity index (χ1n) is 11.9. The van der Waals surface area contributed by atoms with Crippen molar-refractivity contribution >= 4 is 17.7 Å². The number of halogens is 4. The molecule has 0 spiro atoms. The van der Waals surface area contributed by atoms with E-state index in [0.29, 0.717) is 30.2 Å². The number of hydrogen-bond donors (Lipinski definition) is 1. The van der Waals surface area contributed by atoms with Crippen molar-refractivity contribution in [2.45, 2.75) is 51.4 Å². The smallest absolute Gasteiger partial charge is 0.419 e. The highest BCUT2D eigenvalue weighted by Gasteiger charge is 2.44. The topological polar surface area (TPSA) is 71.8 Å². The number of pyridine rings is 1. The van der Waals surface area contributed by atoms with Crippen LogP contribution >= 0.6 is 0 Å². The molecule has 1 aliphatic heterocycles. The predicted molar refractivity (Wildman–Crippen MR) is 125 cm³/mol. The van der Waals surface area contributed by atoms with Gasteiger partial charge in [-0.1, -0.05) is 6.07 Å². The summed E-state index contributed by atoms with van der Waals surface area (Å²) in [6, 6.07) is 6.25. The molecule has 1 aliphatic carbocycles. The highest BCUT2D eigenvalue weighted by molar-refractivity contribution is 5.78. The molecule has 3 atom stereocenters. The lowest BCUT2D eigenvalue weighted by Gasteiger charge is -2.38. The Morgan fingerprint density at radius 1 is 1.11 bits per heavy atom. The van der Waals surface area contributed by atoms with E-state index in [1.807, 2.05) is 20.8 Å². The minimum atomic E-state index is -4.81. The zero-order valence-corrected chi connectivity index (χ0v) is 20.1. The van der Waals surface area contributed by atoms with Crippen molar-refractivity contribution in [1.82, 2.24) is 19.5 Å². The number of nitrogens with zero attached hydrogens (tertiary/aromatic N) is 4. The van der Waals surface area contributed by atoms with Crippen LogP contribution < -0.4 is 5.32 Å². The lowest BCUT2D eigenvalue weighted by molar-refractivity contribution is -0.139. The third-order valence-corrected chi connectivity index (χ3v) is 6.73. The molecule has 192 valence electrons. The van der Waals surface area contributed by atoms with Gasteiger partial charge in [0.05, 0.1) is 5.56 Å². The van der Waals surface area contributed by atoms with Crippen LogP contribution in [0.3, 0.4) is 0 Å². The summed E-state index contributed by atoms with van der Waals surface area (Å²) in [6.45, 7) is 6.65. The number of alkyl halides is 3. The van der Waals surface area contributed by atoms with Gasteiger partial charge in [-0.05, 0) is 75.3 Å². The highest BCUT2D eigenvalue weighted by Crippen LogP contribution is 2.39. The zero-order chi connectivity index (χ0) is 25.8. The van der Waals surface area contributed by atoms with Crippen LogP contribution in [-0.2, 0) is 10.9 Å². The SMILES string of the molecule is CC(C)(C)OC(=O)N1CC2CC[C@@H](C1)C2Nc1nc2c(-c3ccc(F)c(C(F)(F)F)c3)cccn2n1. The molecule has 2 unspecified atom stereocenters. The summed E-state index contributed by atoms with van der Waals surface area (Å²) < 4.78 is 60.6. The van der Waals surface area contributed by atoms with E-state index >= 15 is 0 Å². The standard InChI is InChI=1S/C25H27F4N5O2/c1-24(2,3)36-23(35)33-12-15-6-7-16(13-33)20(15)30-22-31-21-17(5-4-10-34(21)32-22)14-8-9-19(26)18(11-14)25(27,28)29/h4-5,8-11,15-16,20H,6-7,12-13H2,1-3H3,(H,30,32)/t15-,16?,20?/m0/s1. The summed E-state index contributed by atoms with van der Waals surface area (Å²) in [5.74, 6) is -0.564. The van der Waals surface area contributed by atoms with Crippen molar-refractivity contribution in [2.24, 2.45) is 11.8 Å². The number of anilines is 1. The first kappa shape index (κ1) is 24.3. The Hall–Kier alpha value is -3.37. The van der Waals surface area contributed by atoms with Crippen molar-refractivity contribution in [3.8, 4) is 11.1 Å². The van der Waals surface area contributed by atoms with Gasteiger partial charge >= 0.3 is 12.3 Å². The molecule has 0 radical (unpaired) electrons. The van der Waals surface area contributed by atoms with Gasteiger partial charge in [0.15, 0.2) is 5.65 Å². The van der Waals surface area contributed by atoms with Gasteiger partial charge in [0.2, 0.25) is 5.95 Å². The molecule has 5 rings (SSSR count). The highest BCUT2D eigenvalue weighted by atomic mass is 19.4. The maximum absolute atomic E-state index is 13.8. The second-order valence-corrected chi connectivity index (χ2v) is 10.5. The monoisotopic (exact) mass is 505 g/mol. The average Bonchev–Trinajstić information content (AvgIpc) is 3.28. The number of fused-ring (bicyclic) bond motifs is 3. The molecule has 1 amide bonds. The van der Waals surface area contributed by atoms with E-state index in [9.17, 15) is 22.4 Å². The Labute approximate surface area is 205 Å². The molecule has 2 aliphatic rings. The van der Waals surface area contributed by atoms with Gasteiger partial charge in [-0.25, -0.2) is 13.7 Å². The van der Waals surface area contributed by atoms with E-state index in [1.165, 1.54) is 10.6 Å². The molecule has 1 aromatic carbocycles. The number of ether oxygens (including phenoxy) is 1. The number of rotatable bonds is 3. The molecule has 3 heterocycles. The summed E-state index contributed by atoms with van der Waals surface area (Å²) in [7, 11) is 0. The summed E-state index contributed by atoms with van der Waals surface area (Å²) >= 11 is 0. The molecule has 1 N–H and O–H groups in total. The van der Waals surface area contributed by atoms with Crippen LogP contribution in [0.1, 0.15) is 39.2 Å². The number of carbonyl (C=O) groups excluding carboxylic acids is 1. The first-order chi connectivity index (χ1) is 16.9. The fourth-order valence-electron chi connectivity index (χ4n) is 5.19. The van der Waals surface area contributed by atoms with Crippen LogP contribution in [0.15, 0.2) is 36.5 Å². The normalized spacial score (nSPS) is 22.2. The molecule has 2 fully saturated rings. The van der Waals surface area contributed by atoms with Crippen LogP contribution in [-0.4, -0.2) is 50.3 Å². The summed E-state index contributed by atoms with van der Waals surface area (Å²) in [5, 5.41) is 7.88. The van der Waals surface area contributed by atoms with Gasteiger partial charge in [-0.2, -0.15) is 18.2 Å². The largest absolute Gasteiger partial charge is 0.444 e. The van der Waals surface area contributed by atoms with E-state index in [4.69, 9.17) is 4.74 Å². The Bertz CT molecular complexity index is 1290. The molecular weight excluding hydrogens is 478 g/mol. The van der Waals surface area contributed by atoms with Crippen LogP contribution in [0.4, 0.5) is 28.3 Å². The summed E-state index contributed by atoms with van der Waals surface area (Å²) in [4.78, 5) is 18.9. The van der Waals surface area contributed by atoms with Gasteiger partial charge in [0, 0.05) is 30.9 Å². The minimum absolute atomic E-state index is 0.0622. The second-order valence-electron chi connectivity index (χ2n) is 10.5. The Morgan fingerprint density at radius 3 is 2.44 bits per heavy atom. The van der Waals surface area contributed by atoms with E-state index < -0.39 is 23.2 Å². The quantitative estimate of drug-likeness (QED) is 0.469. The van der Waals surface area contributed by atoms with Crippen LogP contribution in [0, 0.1) is 17.7 Å². The number of aromatic nitrogens is 3. The number of piperidine rings is 1. The van der Waals surface area contributed by atoms with Crippen molar-refractivity contribution in [3.05, 3.63) is 47.9 Å². The van der Waals surface area contributed by atoms with E-state index in [2.05, 4.69) is 15.4 Å². The van der Waals surface area contributed by atoms with Gasteiger partial charge in [0.1, 0.15) is 11.4 Å². The lowest BCUT2D eigenvalue weighted by Crippen LogP contribution is -2.51. The molecule has 1 saturated carbocycles. The maximum atomic E-state index is 13.8. The van der Waals surface area contributed by atoms with Crippen molar-refractivity contribution < 1.29 is 27.1 Å². The fraction of sp³-hybridized carbons (Fsp3) is 0.480. The molecule has 7 nitrogen and oxygen atoms in total. The van der Waals surface area contributed by atoms with Crippen molar-refractivity contribution in [2.75, 3.05) is 18.4 Å². The number of carbonyl (C=O) groups is 1. The summed E-state index contributed by atoms with van der Waals surface area (Å²) in [5.41, 5.74) is -0.925. The van der Waals surface area contributed by atoms with E-state index in [1.54, 1.807) is 23.2 Å². The number of likely N-dealkylation sites (tertiary alicyclic amines) is 1. The molecule has 11 heteroatoms. The molecule has 2 bridgehead atoms. The van der Waals surface area contributed by atoms with Crippen LogP contribution in [0.5, 0.6) is 0 Å². The number of hydrogen-bond acceptors (Lipinski definition) is 5. The number of benzene rings is 1. The first-order valence-corrected chi connectivity index (χ1v) is 11.9. The molecule has 3 aromatic rings. The van der Waals surface area contributed by atoms with Gasteiger partial charge in [0.25, 0.3) is 0 Å². The van der Waals surface area contributed by atoms with E-state index in [0.717, 1.165) is 25.0 Å². The lowest BCUT2D eigenvalue weighted by atomic mass is 9.92. The molecule has 36 heavy (non-hydrogen) atoms. The molecular formula is C25H27F4N5O2. The molecule has 2 aromatic heterocycles. The summed E-state index contributed by atoms with van der Waals surface area (Å²) in [6.07, 6.45) is -1.55. The third-order valence-electron chi connectivity index (χ3n) is 6.73. The average molecular weight is 506 g/mol. The predicted octanol–water partition coefficient (Wildman–Crippen LogP) is 5.61. The van der Waals surface area contributed by atoms with Crippen molar-refractivity contribution in [3.63, 3.8) is 0 Å². The Balaban J connectivity index is 1.38.